The van der Waals surface area contributed by atoms with Gasteiger partial charge >= 0.3 is 0 Å². The molecule has 6 heteroatoms. The number of fused-ring (bicyclic) bond motifs is 1. The third kappa shape index (κ3) is 3.77. The molecule has 21 heavy (non-hydrogen) atoms. The second-order valence-corrected chi connectivity index (χ2v) is 6.17. The molecule has 0 N–H and O–H groups in total. The van der Waals surface area contributed by atoms with Gasteiger partial charge in [-0.15, -0.1) is 11.6 Å². The summed E-state index contributed by atoms with van der Waals surface area (Å²) in [7, 11) is 1.96. The highest BCUT2D eigenvalue weighted by molar-refractivity contribution is 6.17. The first-order valence-electron chi connectivity index (χ1n) is 7.57. The highest BCUT2D eigenvalue weighted by atomic mass is 35.5. The third-order valence-corrected chi connectivity index (χ3v) is 3.77. The summed E-state index contributed by atoms with van der Waals surface area (Å²) in [6.45, 7) is 8.70. The van der Waals surface area contributed by atoms with Crippen molar-refractivity contribution in [2.75, 3.05) is 19.1 Å². The molecule has 0 saturated heterocycles. The summed E-state index contributed by atoms with van der Waals surface area (Å²) in [5.74, 6) is 2.27. The molecule has 0 aliphatic rings. The van der Waals surface area contributed by atoms with Crippen molar-refractivity contribution in [3.05, 3.63) is 11.5 Å². The van der Waals surface area contributed by atoms with Crippen molar-refractivity contribution in [3.63, 3.8) is 0 Å². The van der Waals surface area contributed by atoms with Crippen LogP contribution in [-0.2, 0) is 24.8 Å². The van der Waals surface area contributed by atoms with Crippen molar-refractivity contribution < 1.29 is 4.74 Å². The lowest BCUT2D eigenvalue weighted by atomic mass is 10.1. The van der Waals surface area contributed by atoms with Crippen molar-refractivity contribution >= 4 is 22.8 Å². The van der Waals surface area contributed by atoms with Crippen LogP contribution >= 0.6 is 11.6 Å². The minimum absolute atomic E-state index is 0.573. The minimum atomic E-state index is 0.573. The van der Waals surface area contributed by atoms with Crippen molar-refractivity contribution in [2.24, 2.45) is 13.0 Å². The number of halogens is 1. The van der Waals surface area contributed by atoms with Crippen LogP contribution in [0.1, 0.15) is 31.8 Å². The van der Waals surface area contributed by atoms with E-state index in [2.05, 4.69) is 28.5 Å². The highest BCUT2D eigenvalue weighted by Gasteiger charge is 2.16. The lowest BCUT2D eigenvalue weighted by Gasteiger charge is -2.10. The van der Waals surface area contributed by atoms with E-state index in [1.165, 1.54) is 0 Å². The van der Waals surface area contributed by atoms with E-state index in [0.29, 0.717) is 18.4 Å². The number of alkyl halides is 1. The number of aromatic nitrogens is 4. The van der Waals surface area contributed by atoms with Crippen LogP contribution in [0.5, 0.6) is 0 Å². The Morgan fingerprint density at radius 1 is 1.29 bits per heavy atom. The van der Waals surface area contributed by atoms with Gasteiger partial charge < -0.3 is 9.30 Å². The summed E-state index contributed by atoms with van der Waals surface area (Å²) in [4.78, 5) is 4.69. The molecule has 2 heterocycles. The van der Waals surface area contributed by atoms with Gasteiger partial charge in [0.05, 0.1) is 12.3 Å². The van der Waals surface area contributed by atoms with E-state index in [0.717, 1.165) is 48.7 Å². The number of hydrogen-bond acceptors (Lipinski definition) is 3. The van der Waals surface area contributed by atoms with Gasteiger partial charge in [0.2, 0.25) is 0 Å². The Hall–Kier alpha value is -1.07. The average Bonchev–Trinajstić information content (AvgIpc) is 2.89. The number of nitrogens with zero attached hydrogens (tertiary/aromatic N) is 4. The topological polar surface area (TPSA) is 44.9 Å². The first-order chi connectivity index (χ1) is 10.0. The lowest BCUT2D eigenvalue weighted by molar-refractivity contribution is 0.116. The molecule has 118 valence electrons. The Balaban J connectivity index is 2.10. The van der Waals surface area contributed by atoms with Gasteiger partial charge in [0.15, 0.2) is 5.65 Å². The van der Waals surface area contributed by atoms with E-state index in [-0.39, 0.29) is 0 Å². The molecule has 0 aromatic carbocycles. The molecule has 2 aromatic heterocycles. The second kappa shape index (κ2) is 7.27. The van der Waals surface area contributed by atoms with Crippen LogP contribution in [0.15, 0.2) is 0 Å². The van der Waals surface area contributed by atoms with Crippen molar-refractivity contribution in [3.8, 4) is 0 Å². The molecule has 0 aliphatic heterocycles. The molecule has 0 amide bonds. The zero-order valence-electron chi connectivity index (χ0n) is 13.4. The van der Waals surface area contributed by atoms with Gasteiger partial charge in [-0.1, -0.05) is 13.8 Å². The number of ether oxygens (including phenoxy) is 1. The summed E-state index contributed by atoms with van der Waals surface area (Å²) in [6.07, 6.45) is 1.86. The maximum Gasteiger partial charge on any atom is 0.158 e. The molecule has 0 spiro atoms. The molecule has 0 fully saturated rings. The summed E-state index contributed by atoms with van der Waals surface area (Å²) >= 11 is 5.89. The molecular formula is C15H25ClN4O. The smallest absolute Gasteiger partial charge is 0.158 e. The lowest BCUT2D eigenvalue weighted by Crippen LogP contribution is -2.13. The van der Waals surface area contributed by atoms with Crippen LogP contribution < -0.4 is 0 Å². The molecule has 0 radical (unpaired) electrons. The van der Waals surface area contributed by atoms with Crippen molar-refractivity contribution in [1.82, 2.24) is 19.3 Å². The van der Waals surface area contributed by atoms with Gasteiger partial charge in [-0.2, -0.15) is 5.10 Å². The number of rotatable bonds is 8. The first kappa shape index (κ1) is 16.3. The number of aryl methyl sites for hydroxylation is 3. The van der Waals surface area contributed by atoms with Gasteiger partial charge in [0.1, 0.15) is 11.3 Å². The zero-order valence-corrected chi connectivity index (χ0v) is 14.2. The van der Waals surface area contributed by atoms with Crippen LogP contribution in [-0.4, -0.2) is 38.4 Å². The Bertz CT molecular complexity index is 588. The predicted octanol–water partition coefficient (Wildman–Crippen LogP) is 2.92. The van der Waals surface area contributed by atoms with Crippen LogP contribution in [0.25, 0.3) is 11.2 Å². The van der Waals surface area contributed by atoms with Crippen molar-refractivity contribution in [1.29, 1.82) is 0 Å². The fourth-order valence-electron chi connectivity index (χ4n) is 2.47. The minimum Gasteiger partial charge on any atom is -0.380 e. The standard InChI is InChI=1S/C15H25ClN4O/c1-11(2)6-9-21-10-8-20-13(5-7-16)17-14-12(3)18-19(4)15(14)20/h11H,5-10H2,1-4H3. The Morgan fingerprint density at radius 2 is 2.05 bits per heavy atom. The quantitative estimate of drug-likeness (QED) is 0.556. The Labute approximate surface area is 131 Å². The maximum absolute atomic E-state index is 5.89. The molecule has 0 saturated carbocycles. The molecule has 2 aromatic rings. The van der Waals surface area contributed by atoms with Gasteiger partial charge in [-0.3, -0.25) is 4.68 Å². The fourth-order valence-corrected chi connectivity index (χ4v) is 2.64. The van der Waals surface area contributed by atoms with E-state index >= 15 is 0 Å². The second-order valence-electron chi connectivity index (χ2n) is 5.79. The van der Waals surface area contributed by atoms with Gasteiger partial charge in [0, 0.05) is 32.5 Å². The van der Waals surface area contributed by atoms with Crippen LogP contribution in [0.4, 0.5) is 0 Å². The number of imidazole rings is 1. The number of hydrogen-bond donors (Lipinski definition) is 0. The normalized spacial score (nSPS) is 11.9. The molecule has 0 unspecified atom stereocenters. The summed E-state index contributed by atoms with van der Waals surface area (Å²) in [6, 6.07) is 0. The van der Waals surface area contributed by atoms with E-state index in [1.54, 1.807) is 0 Å². The van der Waals surface area contributed by atoms with Gasteiger partial charge in [0.25, 0.3) is 0 Å². The predicted molar refractivity (Wildman–Crippen MR) is 85.9 cm³/mol. The Morgan fingerprint density at radius 3 is 2.71 bits per heavy atom. The molecule has 0 atom stereocenters. The molecule has 2 rings (SSSR count). The van der Waals surface area contributed by atoms with Gasteiger partial charge in [-0.05, 0) is 19.3 Å². The van der Waals surface area contributed by atoms with Crippen LogP contribution in [0.3, 0.4) is 0 Å². The molecule has 0 bridgehead atoms. The Kier molecular flexibility index (Phi) is 5.65. The fraction of sp³-hybridized carbons (Fsp3) is 0.733. The van der Waals surface area contributed by atoms with Crippen LogP contribution in [0, 0.1) is 12.8 Å². The average molecular weight is 313 g/mol. The third-order valence-electron chi connectivity index (χ3n) is 3.59. The SMILES string of the molecule is Cc1nn(C)c2c1nc(CCCl)n2CCOCCC(C)C. The van der Waals surface area contributed by atoms with E-state index in [4.69, 9.17) is 16.3 Å². The first-order valence-corrected chi connectivity index (χ1v) is 8.10. The van der Waals surface area contributed by atoms with E-state index < -0.39 is 0 Å². The highest BCUT2D eigenvalue weighted by Crippen LogP contribution is 2.19. The molecule has 0 aliphatic carbocycles. The van der Waals surface area contributed by atoms with Gasteiger partial charge in [-0.25, -0.2) is 4.98 Å². The maximum atomic E-state index is 5.89. The van der Waals surface area contributed by atoms with Crippen molar-refractivity contribution in [2.45, 2.75) is 40.2 Å². The summed E-state index contributed by atoms with van der Waals surface area (Å²) < 4.78 is 9.82. The molecular weight excluding hydrogens is 288 g/mol. The van der Waals surface area contributed by atoms with E-state index in [9.17, 15) is 0 Å². The zero-order chi connectivity index (χ0) is 15.4. The molecule has 5 nitrogen and oxygen atoms in total. The largest absolute Gasteiger partial charge is 0.380 e. The van der Waals surface area contributed by atoms with Crippen LogP contribution in [0.2, 0.25) is 0 Å². The monoisotopic (exact) mass is 312 g/mol. The summed E-state index contributed by atoms with van der Waals surface area (Å²) in [5, 5.41) is 4.44. The summed E-state index contributed by atoms with van der Waals surface area (Å²) in [5.41, 5.74) is 2.99. The van der Waals surface area contributed by atoms with E-state index in [1.807, 2.05) is 18.7 Å².